The van der Waals surface area contributed by atoms with E-state index in [0.717, 1.165) is 27.9 Å². The number of fused-ring (bicyclic) bond motifs is 1. The molecular weight excluding hydrogens is 364 g/mol. The van der Waals surface area contributed by atoms with Gasteiger partial charge in [-0.25, -0.2) is 4.68 Å². The maximum Gasteiger partial charge on any atom is 0.292 e. The summed E-state index contributed by atoms with van der Waals surface area (Å²) in [5.41, 5.74) is 2.66. The molecule has 0 bridgehead atoms. The Bertz CT molecular complexity index is 954. The third-order valence-corrected chi connectivity index (χ3v) is 5.52. The van der Waals surface area contributed by atoms with E-state index in [2.05, 4.69) is 10.4 Å². The Hall–Kier alpha value is -2.61. The molecule has 2 amide bonds. The predicted octanol–water partition coefficient (Wildman–Crippen LogP) is 2.21. The summed E-state index contributed by atoms with van der Waals surface area (Å²) in [6.45, 7) is 5.97. The summed E-state index contributed by atoms with van der Waals surface area (Å²) in [6.07, 6.45) is 2.34. The summed E-state index contributed by atoms with van der Waals surface area (Å²) in [4.78, 5) is 39.6. The largest absolute Gasteiger partial charge is 0.324 e. The zero-order chi connectivity index (χ0) is 19.6. The molecule has 0 saturated heterocycles. The van der Waals surface area contributed by atoms with Crippen LogP contribution in [0.3, 0.4) is 0 Å². The van der Waals surface area contributed by atoms with Crippen LogP contribution in [0, 0.1) is 6.92 Å². The quantitative estimate of drug-likeness (QED) is 0.852. The van der Waals surface area contributed by atoms with Crippen LogP contribution in [0.5, 0.6) is 0 Å². The van der Waals surface area contributed by atoms with E-state index in [1.165, 1.54) is 16.7 Å². The van der Waals surface area contributed by atoms with Gasteiger partial charge in [-0.3, -0.25) is 14.4 Å². The van der Waals surface area contributed by atoms with Crippen molar-refractivity contribution < 1.29 is 9.59 Å². The van der Waals surface area contributed by atoms with E-state index in [-0.39, 0.29) is 18.4 Å². The number of carbonyl (C=O) groups is 2. The van der Waals surface area contributed by atoms with Gasteiger partial charge in [0, 0.05) is 12.2 Å². The second-order valence-corrected chi connectivity index (χ2v) is 7.27. The predicted molar refractivity (Wildman–Crippen MR) is 106 cm³/mol. The number of hydrogen-bond donors (Lipinski definition) is 1. The number of amides is 2. The minimum atomic E-state index is -0.425. The van der Waals surface area contributed by atoms with Crippen molar-refractivity contribution >= 4 is 35.0 Å². The van der Waals surface area contributed by atoms with Gasteiger partial charge in [0.25, 0.3) is 5.56 Å². The van der Waals surface area contributed by atoms with Gasteiger partial charge in [-0.05, 0) is 31.4 Å². The molecule has 0 atom stereocenters. The third kappa shape index (κ3) is 3.75. The van der Waals surface area contributed by atoms with Gasteiger partial charge in [0.2, 0.25) is 11.8 Å². The minimum Gasteiger partial charge on any atom is -0.324 e. The Kier molecular flexibility index (Phi) is 5.65. The molecule has 1 aliphatic heterocycles. The zero-order valence-electron chi connectivity index (χ0n) is 15.6. The van der Waals surface area contributed by atoms with E-state index in [1.54, 1.807) is 6.20 Å². The molecule has 0 saturated carbocycles. The van der Waals surface area contributed by atoms with Crippen LogP contribution in [0.2, 0.25) is 0 Å². The molecular formula is C19H22N4O3S. The van der Waals surface area contributed by atoms with Crippen LogP contribution in [0.4, 0.5) is 11.4 Å². The topological polar surface area (TPSA) is 84.3 Å². The fourth-order valence-corrected chi connectivity index (χ4v) is 4.01. The average Bonchev–Trinajstić information content (AvgIpc) is 2.66. The smallest absolute Gasteiger partial charge is 0.292 e. The zero-order valence-corrected chi connectivity index (χ0v) is 16.4. The van der Waals surface area contributed by atoms with Gasteiger partial charge in [-0.2, -0.15) is 5.10 Å². The van der Waals surface area contributed by atoms with Gasteiger partial charge in [-0.15, -0.1) is 11.8 Å². The van der Waals surface area contributed by atoms with Gasteiger partial charge in [-0.1, -0.05) is 25.1 Å². The summed E-state index contributed by atoms with van der Waals surface area (Å²) in [5.74, 6) is -0.146. The number of nitrogens with one attached hydrogen (secondary N) is 1. The van der Waals surface area contributed by atoms with E-state index < -0.39 is 5.56 Å². The summed E-state index contributed by atoms with van der Waals surface area (Å²) in [6, 6.07) is 5.85. The molecule has 1 aromatic heterocycles. The maximum atomic E-state index is 12.8. The second-order valence-electron chi connectivity index (χ2n) is 6.26. The lowest BCUT2D eigenvalue weighted by Crippen LogP contribution is -2.42. The minimum absolute atomic E-state index is 0.109. The summed E-state index contributed by atoms with van der Waals surface area (Å²) < 4.78 is 1.11. The number of anilines is 2. The van der Waals surface area contributed by atoms with E-state index >= 15 is 0 Å². The highest BCUT2D eigenvalue weighted by molar-refractivity contribution is 8.00. The van der Waals surface area contributed by atoms with E-state index in [0.29, 0.717) is 22.9 Å². The molecule has 0 unspecified atom stereocenters. The summed E-state index contributed by atoms with van der Waals surface area (Å²) in [7, 11) is 0. The van der Waals surface area contributed by atoms with Crippen molar-refractivity contribution in [1.29, 1.82) is 0 Å². The number of para-hydroxylation sites is 1. The fourth-order valence-electron chi connectivity index (χ4n) is 3.12. The number of hydrogen-bond acceptors (Lipinski definition) is 5. The number of benzene rings is 1. The van der Waals surface area contributed by atoms with Crippen LogP contribution in [-0.2, 0) is 22.6 Å². The molecule has 1 aromatic carbocycles. The van der Waals surface area contributed by atoms with Crippen LogP contribution in [0.25, 0.3) is 0 Å². The van der Waals surface area contributed by atoms with E-state index in [9.17, 15) is 14.4 Å². The van der Waals surface area contributed by atoms with Crippen LogP contribution >= 0.6 is 11.8 Å². The standard InChI is InChI=1S/C19H22N4O3S/c1-4-13-8-6-7-12(3)17(13)21-15(24)10-23-19(26)18-14(9-20-23)27-11-16(25)22(18)5-2/h6-9H,4-5,10-11H2,1-3H3,(H,21,24). The van der Waals surface area contributed by atoms with Crippen molar-refractivity contribution in [2.45, 2.75) is 38.6 Å². The normalized spacial score (nSPS) is 13.4. The Labute approximate surface area is 161 Å². The number of carbonyl (C=O) groups excluding carboxylic acids is 2. The molecule has 0 aliphatic carbocycles. The Morgan fingerprint density at radius 3 is 2.78 bits per heavy atom. The van der Waals surface area contributed by atoms with Crippen molar-refractivity contribution in [1.82, 2.24) is 9.78 Å². The van der Waals surface area contributed by atoms with Gasteiger partial charge >= 0.3 is 0 Å². The highest BCUT2D eigenvalue weighted by atomic mass is 32.2. The van der Waals surface area contributed by atoms with Gasteiger partial charge in [0.05, 0.1) is 16.8 Å². The Morgan fingerprint density at radius 1 is 1.30 bits per heavy atom. The molecule has 8 heteroatoms. The van der Waals surface area contributed by atoms with Crippen molar-refractivity contribution in [3.05, 3.63) is 45.9 Å². The number of aryl methyl sites for hydroxylation is 2. The van der Waals surface area contributed by atoms with Crippen LogP contribution in [-0.4, -0.2) is 33.9 Å². The molecule has 0 radical (unpaired) electrons. The first-order valence-corrected chi connectivity index (χ1v) is 9.86. The van der Waals surface area contributed by atoms with Crippen molar-refractivity contribution in [3.8, 4) is 0 Å². The molecule has 7 nitrogen and oxygen atoms in total. The van der Waals surface area contributed by atoms with Crippen molar-refractivity contribution in [2.75, 3.05) is 22.5 Å². The van der Waals surface area contributed by atoms with E-state index in [1.807, 2.05) is 39.0 Å². The Balaban J connectivity index is 1.87. The second kappa shape index (κ2) is 7.96. The number of aromatic nitrogens is 2. The average molecular weight is 386 g/mol. The summed E-state index contributed by atoms with van der Waals surface area (Å²) >= 11 is 1.30. The lowest BCUT2D eigenvalue weighted by molar-refractivity contribution is -0.117. The number of rotatable bonds is 5. The first-order valence-electron chi connectivity index (χ1n) is 8.87. The van der Waals surface area contributed by atoms with Crippen LogP contribution < -0.4 is 15.8 Å². The maximum absolute atomic E-state index is 12.8. The van der Waals surface area contributed by atoms with Crippen molar-refractivity contribution in [3.63, 3.8) is 0 Å². The van der Waals surface area contributed by atoms with Gasteiger partial charge in [0.15, 0.2) is 0 Å². The molecule has 142 valence electrons. The van der Waals surface area contributed by atoms with E-state index in [4.69, 9.17) is 0 Å². The summed E-state index contributed by atoms with van der Waals surface area (Å²) in [5, 5.41) is 7.01. The lowest BCUT2D eigenvalue weighted by atomic mass is 10.1. The number of nitrogens with zero attached hydrogens (tertiary/aromatic N) is 3. The Morgan fingerprint density at radius 2 is 2.07 bits per heavy atom. The SMILES string of the molecule is CCc1cccc(C)c1NC(=O)Cn1ncc2c(c1=O)N(CC)C(=O)CS2. The molecule has 3 rings (SSSR count). The van der Waals surface area contributed by atoms with Crippen molar-refractivity contribution in [2.24, 2.45) is 0 Å². The first kappa shape index (κ1) is 19.2. The number of thioether (sulfide) groups is 1. The van der Waals surface area contributed by atoms with Crippen LogP contribution in [0.1, 0.15) is 25.0 Å². The lowest BCUT2D eigenvalue weighted by Gasteiger charge is -2.27. The third-order valence-electron chi connectivity index (χ3n) is 4.52. The monoisotopic (exact) mass is 386 g/mol. The molecule has 0 fully saturated rings. The molecule has 2 aromatic rings. The molecule has 27 heavy (non-hydrogen) atoms. The molecule has 2 heterocycles. The van der Waals surface area contributed by atoms with Gasteiger partial charge < -0.3 is 10.2 Å². The highest BCUT2D eigenvalue weighted by Crippen LogP contribution is 2.31. The van der Waals surface area contributed by atoms with Crippen LogP contribution in [0.15, 0.2) is 34.1 Å². The molecule has 1 aliphatic rings. The molecule has 1 N–H and O–H groups in total. The van der Waals surface area contributed by atoms with Gasteiger partial charge in [0.1, 0.15) is 12.2 Å². The first-order chi connectivity index (χ1) is 13.0. The molecule has 0 spiro atoms. The fraction of sp³-hybridized carbons (Fsp3) is 0.368. The highest BCUT2D eigenvalue weighted by Gasteiger charge is 2.28.